The molecular weight excluding hydrogens is 268 g/mol. The molecule has 0 aromatic heterocycles. The SMILES string of the molecule is CCOc1ccc(C(N)CCCCC(N)=O)cc1OCC. The van der Waals surface area contributed by atoms with E-state index in [1.54, 1.807) is 0 Å². The average Bonchev–Trinajstić information content (AvgIpc) is 2.45. The van der Waals surface area contributed by atoms with Gasteiger partial charge in [-0.15, -0.1) is 0 Å². The summed E-state index contributed by atoms with van der Waals surface area (Å²) in [4.78, 5) is 10.7. The third kappa shape index (κ3) is 6.04. The summed E-state index contributed by atoms with van der Waals surface area (Å²) >= 11 is 0. The number of ether oxygens (including phenoxy) is 2. The van der Waals surface area contributed by atoms with Gasteiger partial charge >= 0.3 is 0 Å². The first kappa shape index (κ1) is 17.3. The van der Waals surface area contributed by atoms with E-state index in [1.807, 2.05) is 32.0 Å². The predicted molar refractivity (Wildman–Crippen MR) is 83.4 cm³/mol. The molecule has 0 spiro atoms. The number of hydrogen-bond acceptors (Lipinski definition) is 4. The molecule has 0 radical (unpaired) electrons. The Hall–Kier alpha value is -1.75. The van der Waals surface area contributed by atoms with Crippen LogP contribution in [0.2, 0.25) is 0 Å². The molecule has 0 saturated heterocycles. The van der Waals surface area contributed by atoms with E-state index in [0.717, 1.165) is 36.3 Å². The Kier molecular flexibility index (Phi) is 7.61. The van der Waals surface area contributed by atoms with Gasteiger partial charge in [-0.1, -0.05) is 12.5 Å². The lowest BCUT2D eigenvalue weighted by Gasteiger charge is -2.16. The van der Waals surface area contributed by atoms with E-state index >= 15 is 0 Å². The van der Waals surface area contributed by atoms with Crippen molar-refractivity contribution in [3.63, 3.8) is 0 Å². The fourth-order valence-corrected chi connectivity index (χ4v) is 2.13. The van der Waals surface area contributed by atoms with Crippen molar-refractivity contribution in [1.82, 2.24) is 0 Å². The molecule has 1 unspecified atom stereocenters. The molecule has 0 fully saturated rings. The molecule has 0 saturated carbocycles. The van der Waals surface area contributed by atoms with E-state index in [2.05, 4.69) is 0 Å². The van der Waals surface area contributed by atoms with Gasteiger partial charge in [0.1, 0.15) is 0 Å². The van der Waals surface area contributed by atoms with Crippen LogP contribution in [0.15, 0.2) is 18.2 Å². The second-order valence-corrected chi connectivity index (χ2v) is 4.89. The minimum atomic E-state index is -0.261. The van der Waals surface area contributed by atoms with Crippen molar-refractivity contribution in [2.75, 3.05) is 13.2 Å². The molecule has 0 aliphatic heterocycles. The van der Waals surface area contributed by atoms with Crippen LogP contribution in [-0.4, -0.2) is 19.1 Å². The zero-order chi connectivity index (χ0) is 15.7. The molecule has 1 aromatic rings. The maximum atomic E-state index is 10.7. The van der Waals surface area contributed by atoms with E-state index in [-0.39, 0.29) is 11.9 Å². The van der Waals surface area contributed by atoms with Crippen molar-refractivity contribution in [3.05, 3.63) is 23.8 Å². The fourth-order valence-electron chi connectivity index (χ4n) is 2.13. The van der Waals surface area contributed by atoms with E-state index in [1.165, 1.54) is 0 Å². The van der Waals surface area contributed by atoms with E-state index < -0.39 is 0 Å². The molecule has 1 rings (SSSR count). The predicted octanol–water partition coefficient (Wildman–Crippen LogP) is 2.53. The van der Waals surface area contributed by atoms with Crippen LogP contribution in [0.3, 0.4) is 0 Å². The Bertz CT molecular complexity index is 449. The number of amides is 1. The van der Waals surface area contributed by atoms with Gasteiger partial charge in [-0.2, -0.15) is 0 Å². The molecular formula is C16H26N2O3. The van der Waals surface area contributed by atoms with Crippen LogP contribution >= 0.6 is 0 Å². The normalized spacial score (nSPS) is 12.0. The summed E-state index contributed by atoms with van der Waals surface area (Å²) in [5, 5.41) is 0. The summed E-state index contributed by atoms with van der Waals surface area (Å²) in [5.74, 6) is 1.21. The van der Waals surface area contributed by atoms with Gasteiger partial charge in [0.25, 0.3) is 0 Å². The van der Waals surface area contributed by atoms with Crippen molar-refractivity contribution in [2.24, 2.45) is 11.5 Å². The second-order valence-electron chi connectivity index (χ2n) is 4.89. The zero-order valence-electron chi connectivity index (χ0n) is 12.9. The fraction of sp³-hybridized carbons (Fsp3) is 0.562. The number of unbranched alkanes of at least 4 members (excludes halogenated alkanes) is 1. The van der Waals surface area contributed by atoms with Crippen LogP contribution in [-0.2, 0) is 4.79 Å². The first-order valence-electron chi connectivity index (χ1n) is 7.51. The molecule has 0 aliphatic rings. The quantitative estimate of drug-likeness (QED) is 0.649. The number of rotatable bonds is 10. The molecule has 5 nitrogen and oxygen atoms in total. The largest absolute Gasteiger partial charge is 0.490 e. The van der Waals surface area contributed by atoms with Crippen LogP contribution in [0.1, 0.15) is 51.1 Å². The first-order chi connectivity index (χ1) is 10.1. The number of carbonyl (C=O) groups is 1. The molecule has 1 amide bonds. The minimum Gasteiger partial charge on any atom is -0.490 e. The lowest BCUT2D eigenvalue weighted by Crippen LogP contribution is -2.12. The molecule has 1 atom stereocenters. The van der Waals surface area contributed by atoms with Gasteiger partial charge in [0.2, 0.25) is 5.91 Å². The molecule has 0 heterocycles. The summed E-state index contributed by atoms with van der Waals surface area (Å²) in [5.41, 5.74) is 12.3. The molecule has 1 aromatic carbocycles. The van der Waals surface area contributed by atoms with Crippen LogP contribution in [0.5, 0.6) is 11.5 Å². The smallest absolute Gasteiger partial charge is 0.217 e. The van der Waals surface area contributed by atoms with Gasteiger partial charge in [0, 0.05) is 12.5 Å². The van der Waals surface area contributed by atoms with E-state index in [4.69, 9.17) is 20.9 Å². The van der Waals surface area contributed by atoms with Crippen LogP contribution < -0.4 is 20.9 Å². The molecule has 21 heavy (non-hydrogen) atoms. The lowest BCUT2D eigenvalue weighted by atomic mass is 10.0. The third-order valence-electron chi connectivity index (χ3n) is 3.18. The molecule has 4 N–H and O–H groups in total. The van der Waals surface area contributed by atoms with Gasteiger partial charge < -0.3 is 20.9 Å². The molecule has 118 valence electrons. The van der Waals surface area contributed by atoms with Crippen LogP contribution in [0.25, 0.3) is 0 Å². The van der Waals surface area contributed by atoms with Crippen LogP contribution in [0, 0.1) is 0 Å². The third-order valence-corrected chi connectivity index (χ3v) is 3.18. The van der Waals surface area contributed by atoms with Gasteiger partial charge in [-0.3, -0.25) is 4.79 Å². The standard InChI is InChI=1S/C16H26N2O3/c1-3-20-14-10-9-12(11-15(14)21-4-2)13(17)7-5-6-8-16(18)19/h9-11,13H,3-8,17H2,1-2H3,(H2,18,19). The number of nitrogens with two attached hydrogens (primary N) is 2. The Morgan fingerprint density at radius 3 is 2.43 bits per heavy atom. The first-order valence-corrected chi connectivity index (χ1v) is 7.51. The van der Waals surface area contributed by atoms with Crippen molar-refractivity contribution < 1.29 is 14.3 Å². The van der Waals surface area contributed by atoms with Gasteiger partial charge in [-0.25, -0.2) is 0 Å². The summed E-state index contributed by atoms with van der Waals surface area (Å²) in [6.07, 6.45) is 2.88. The Labute approximate surface area is 126 Å². The topological polar surface area (TPSA) is 87.6 Å². The zero-order valence-corrected chi connectivity index (χ0v) is 12.9. The summed E-state index contributed by atoms with van der Waals surface area (Å²) in [6, 6.07) is 5.72. The highest BCUT2D eigenvalue weighted by atomic mass is 16.5. The number of primary amides is 1. The highest BCUT2D eigenvalue weighted by Crippen LogP contribution is 2.31. The van der Waals surface area contributed by atoms with E-state index in [9.17, 15) is 4.79 Å². The Morgan fingerprint density at radius 2 is 1.81 bits per heavy atom. The Balaban J connectivity index is 2.64. The summed E-state index contributed by atoms with van der Waals surface area (Å²) in [7, 11) is 0. The number of hydrogen-bond donors (Lipinski definition) is 2. The molecule has 0 aliphatic carbocycles. The highest BCUT2D eigenvalue weighted by molar-refractivity contribution is 5.73. The maximum Gasteiger partial charge on any atom is 0.217 e. The minimum absolute atomic E-state index is 0.0761. The Morgan fingerprint density at radius 1 is 1.14 bits per heavy atom. The monoisotopic (exact) mass is 294 g/mol. The summed E-state index contributed by atoms with van der Waals surface area (Å²) in [6.45, 7) is 5.05. The molecule has 5 heteroatoms. The van der Waals surface area contributed by atoms with Gasteiger partial charge in [0.05, 0.1) is 13.2 Å². The second kappa shape index (κ2) is 9.23. The lowest BCUT2D eigenvalue weighted by molar-refractivity contribution is -0.118. The molecule has 0 bridgehead atoms. The van der Waals surface area contributed by atoms with Crippen molar-refractivity contribution >= 4 is 5.91 Å². The highest BCUT2D eigenvalue weighted by Gasteiger charge is 2.11. The van der Waals surface area contributed by atoms with Crippen molar-refractivity contribution in [2.45, 2.75) is 45.6 Å². The van der Waals surface area contributed by atoms with Gasteiger partial charge in [-0.05, 0) is 44.4 Å². The van der Waals surface area contributed by atoms with Crippen LogP contribution in [0.4, 0.5) is 0 Å². The summed E-state index contributed by atoms with van der Waals surface area (Å²) < 4.78 is 11.1. The number of benzene rings is 1. The number of carbonyl (C=O) groups excluding carboxylic acids is 1. The van der Waals surface area contributed by atoms with Gasteiger partial charge in [0.15, 0.2) is 11.5 Å². The maximum absolute atomic E-state index is 10.7. The van der Waals surface area contributed by atoms with Crippen molar-refractivity contribution in [3.8, 4) is 11.5 Å². The van der Waals surface area contributed by atoms with E-state index in [0.29, 0.717) is 19.6 Å². The average molecular weight is 294 g/mol. The van der Waals surface area contributed by atoms with Crippen molar-refractivity contribution in [1.29, 1.82) is 0 Å².